The summed E-state index contributed by atoms with van der Waals surface area (Å²) in [6, 6.07) is 35.0. The molecule has 8 aromatic heterocycles. The van der Waals surface area contributed by atoms with Gasteiger partial charge in [-0.25, -0.2) is 37.8 Å². The average molecular weight is 1300 g/mol. The SMILES string of the molecule is C.COc1c(-n2cnc(C)c2)ccc2[nH]c3c(=O)n(Cc4ccc(F)cc4)ncc3c12.COc1cc(Nc2c(Br)cnn(C(C)c3ccccc3)c2=O)ccc1-n1cnc(C)c1.COc1cc2[nH]c3c(=O)n(Cc4ccc(F)cc4)ncc3c2cc1-n1cnc(C)c1. The van der Waals surface area contributed by atoms with Gasteiger partial charge in [-0.05, 0) is 115 Å². The molecule has 0 fully saturated rings. The lowest BCUT2D eigenvalue weighted by Crippen LogP contribution is -2.28. The van der Waals surface area contributed by atoms with E-state index in [-0.39, 0.29) is 54.9 Å². The highest BCUT2D eigenvalue weighted by Gasteiger charge is 2.21. The second-order valence-corrected chi connectivity index (χ2v) is 22.2. The number of hydrogen-bond acceptors (Lipinski definition) is 13. The molecule has 0 aliphatic carbocycles. The van der Waals surface area contributed by atoms with Crippen LogP contribution in [0.1, 0.15) is 54.2 Å². The van der Waals surface area contributed by atoms with Crippen LogP contribution in [0.25, 0.3) is 60.7 Å². The number of rotatable bonds is 14. The van der Waals surface area contributed by atoms with Gasteiger partial charge in [0, 0.05) is 52.6 Å². The maximum absolute atomic E-state index is 13.2. The number of benzene rings is 6. The summed E-state index contributed by atoms with van der Waals surface area (Å²) < 4.78 is 53.6. The first kappa shape index (κ1) is 62.3. The third-order valence-corrected chi connectivity index (χ3v) is 15.9. The molecule has 0 bridgehead atoms. The average Bonchev–Trinajstić information content (AvgIpc) is 1.60. The van der Waals surface area contributed by atoms with Gasteiger partial charge in [0.25, 0.3) is 16.7 Å². The second kappa shape index (κ2) is 26.4. The van der Waals surface area contributed by atoms with Crippen LogP contribution in [0, 0.1) is 32.4 Å². The number of fused-ring (bicyclic) bond motifs is 6. The van der Waals surface area contributed by atoms with Crippen LogP contribution < -0.4 is 36.2 Å². The first-order valence-electron chi connectivity index (χ1n) is 28.5. The van der Waals surface area contributed by atoms with Gasteiger partial charge in [0.05, 0.1) is 133 Å². The molecule has 3 N–H and O–H groups in total. The highest BCUT2D eigenvalue weighted by atomic mass is 79.9. The molecule has 21 nitrogen and oxygen atoms in total. The highest BCUT2D eigenvalue weighted by Crippen LogP contribution is 2.38. The van der Waals surface area contributed by atoms with Gasteiger partial charge < -0.3 is 43.2 Å². The van der Waals surface area contributed by atoms with Crippen molar-refractivity contribution < 1.29 is 23.0 Å². The van der Waals surface area contributed by atoms with E-state index < -0.39 is 0 Å². The topological polar surface area (TPSA) is 229 Å². The van der Waals surface area contributed by atoms with Crippen molar-refractivity contribution in [1.82, 2.24) is 68.0 Å². The van der Waals surface area contributed by atoms with Crippen LogP contribution >= 0.6 is 15.9 Å². The molecule has 1 unspecified atom stereocenters. The van der Waals surface area contributed by atoms with Gasteiger partial charge >= 0.3 is 0 Å². The maximum atomic E-state index is 13.2. The fourth-order valence-electron chi connectivity index (χ4n) is 10.7. The Morgan fingerprint density at radius 1 is 0.554 bits per heavy atom. The summed E-state index contributed by atoms with van der Waals surface area (Å²) in [5.74, 6) is 1.31. The van der Waals surface area contributed by atoms with Crippen molar-refractivity contribution in [2.24, 2.45) is 0 Å². The molecule has 466 valence electrons. The molecule has 0 radical (unpaired) electrons. The Balaban J connectivity index is 0.000000141. The molecule has 1 atom stereocenters. The van der Waals surface area contributed by atoms with Crippen LogP contribution in [-0.4, -0.2) is 89.3 Å². The van der Waals surface area contributed by atoms with E-state index in [1.165, 1.54) is 38.3 Å². The number of nitrogens with one attached hydrogen (secondary N) is 3. The highest BCUT2D eigenvalue weighted by molar-refractivity contribution is 9.10. The van der Waals surface area contributed by atoms with E-state index in [0.717, 1.165) is 83.7 Å². The van der Waals surface area contributed by atoms with Gasteiger partial charge in [-0.15, -0.1) is 0 Å². The zero-order valence-electron chi connectivity index (χ0n) is 50.2. The van der Waals surface area contributed by atoms with Gasteiger partial charge in [0.1, 0.15) is 39.9 Å². The zero-order chi connectivity index (χ0) is 63.6. The summed E-state index contributed by atoms with van der Waals surface area (Å²) in [5, 5.41) is 19.3. The Labute approximate surface area is 532 Å². The van der Waals surface area contributed by atoms with Crippen molar-refractivity contribution in [1.29, 1.82) is 0 Å². The number of methoxy groups -OCH3 is 3. The minimum Gasteiger partial charge on any atom is -0.494 e. The summed E-state index contributed by atoms with van der Waals surface area (Å²) >= 11 is 3.45. The summed E-state index contributed by atoms with van der Waals surface area (Å²) in [6.45, 7) is 8.23. The van der Waals surface area contributed by atoms with Crippen LogP contribution in [0.5, 0.6) is 17.2 Å². The lowest BCUT2D eigenvalue weighted by atomic mass is 10.1. The zero-order valence-corrected chi connectivity index (χ0v) is 51.8. The van der Waals surface area contributed by atoms with Crippen molar-refractivity contribution in [3.05, 3.63) is 258 Å². The molecule has 0 saturated carbocycles. The molecule has 6 aromatic carbocycles. The lowest BCUT2D eigenvalue weighted by Gasteiger charge is -2.17. The fraction of sp³-hybridized carbons (Fsp3) is 0.162. The first-order valence-corrected chi connectivity index (χ1v) is 29.3. The number of aryl methyl sites for hydroxylation is 3. The molecule has 92 heavy (non-hydrogen) atoms. The predicted octanol–water partition coefficient (Wildman–Crippen LogP) is 12.6. The smallest absolute Gasteiger partial charge is 0.292 e. The molecule has 14 rings (SSSR count). The molecule has 24 heteroatoms. The molecular weight excluding hydrogens is 1240 g/mol. The molecule has 0 amide bonds. The molecular formula is C68H62BrF2N15O6. The van der Waals surface area contributed by atoms with E-state index in [2.05, 4.69) is 61.5 Å². The second-order valence-electron chi connectivity index (χ2n) is 21.4. The number of ether oxygens (including phenoxy) is 3. The van der Waals surface area contributed by atoms with E-state index in [4.69, 9.17) is 14.2 Å². The van der Waals surface area contributed by atoms with Gasteiger partial charge in [-0.1, -0.05) is 62.0 Å². The van der Waals surface area contributed by atoms with E-state index in [0.29, 0.717) is 43.8 Å². The Bertz CT molecular complexity index is 5150. The largest absolute Gasteiger partial charge is 0.494 e. The molecule has 0 aliphatic rings. The number of aromatic nitrogens is 14. The summed E-state index contributed by atoms with van der Waals surface area (Å²) in [4.78, 5) is 58.5. The molecule has 0 spiro atoms. The normalized spacial score (nSPS) is 11.5. The molecule has 0 saturated heterocycles. The fourth-order valence-corrected chi connectivity index (χ4v) is 11.1. The van der Waals surface area contributed by atoms with Gasteiger partial charge in [-0.2, -0.15) is 15.3 Å². The van der Waals surface area contributed by atoms with E-state index >= 15 is 0 Å². The molecule has 8 heterocycles. The van der Waals surface area contributed by atoms with Crippen LogP contribution in [0.4, 0.5) is 20.2 Å². The van der Waals surface area contributed by atoms with E-state index in [9.17, 15) is 23.2 Å². The minimum atomic E-state index is -0.318. The van der Waals surface area contributed by atoms with Crippen LogP contribution in [-0.2, 0) is 13.1 Å². The Hall–Kier alpha value is -11.3. The summed E-state index contributed by atoms with van der Waals surface area (Å²) in [7, 11) is 4.82. The Morgan fingerprint density at radius 2 is 1.08 bits per heavy atom. The van der Waals surface area contributed by atoms with Crippen LogP contribution in [0.3, 0.4) is 0 Å². The Morgan fingerprint density at radius 3 is 1.63 bits per heavy atom. The lowest BCUT2D eigenvalue weighted by molar-refractivity contribution is 0.413. The van der Waals surface area contributed by atoms with Crippen LogP contribution in [0.2, 0.25) is 0 Å². The van der Waals surface area contributed by atoms with Crippen molar-refractivity contribution in [3.63, 3.8) is 0 Å². The van der Waals surface area contributed by atoms with E-state index in [1.54, 1.807) is 83.2 Å². The standard InChI is InChI=1S/C23H22BrN5O2.2C22H18FN5O2.CH4/c1-15-13-28(14-25-15)20-10-9-18(11-21(20)31-3)27-22-19(24)12-26-29(23(22)30)16(2)17-7-5-4-6-8-17;1-13-10-27(12-24-13)19-7-16-17-9-25-28(11-14-3-5-15(23)6-4-14)22(29)21(17)26-18(16)8-20(19)30-2;1-13-10-27(12-24-13)18-8-7-17-19(21(18)30-2)16-9-25-28(22(29)20(16)26-17)11-14-3-5-15(23)6-4-14;/h4-14,16,27H,1-3H3;2*3-10,12,26H,11H2,1-2H3;1H4. The van der Waals surface area contributed by atoms with Crippen molar-refractivity contribution in [2.75, 3.05) is 26.6 Å². The minimum absolute atomic E-state index is 0. The van der Waals surface area contributed by atoms with Gasteiger partial charge in [-0.3, -0.25) is 14.4 Å². The molecule has 14 aromatic rings. The number of imidazole rings is 3. The quantitative estimate of drug-likeness (QED) is 0.0921. The third kappa shape index (κ3) is 12.5. The molecule has 0 aliphatic heterocycles. The van der Waals surface area contributed by atoms with Crippen molar-refractivity contribution >= 4 is 70.9 Å². The first-order chi connectivity index (χ1) is 44.0. The van der Waals surface area contributed by atoms with Crippen LogP contribution in [0.15, 0.2) is 196 Å². The van der Waals surface area contributed by atoms with Crippen molar-refractivity contribution in [2.45, 2.75) is 54.3 Å². The number of halogens is 3. The number of H-pyrrole nitrogens is 2. The van der Waals surface area contributed by atoms with Gasteiger partial charge in [0.2, 0.25) is 0 Å². The third-order valence-electron chi connectivity index (χ3n) is 15.3. The van der Waals surface area contributed by atoms with Gasteiger partial charge in [0.15, 0.2) is 5.75 Å². The summed E-state index contributed by atoms with van der Waals surface area (Å²) in [5.41, 5.74) is 10.7. The number of aromatic amines is 2. The number of anilines is 2. The van der Waals surface area contributed by atoms with E-state index in [1.807, 2.05) is 133 Å². The number of nitrogens with zero attached hydrogens (tertiary/aromatic N) is 12. The predicted molar refractivity (Wildman–Crippen MR) is 355 cm³/mol. The van der Waals surface area contributed by atoms with Crippen molar-refractivity contribution in [3.8, 4) is 34.3 Å². The Kier molecular flexibility index (Phi) is 17.9. The monoisotopic (exact) mass is 1300 g/mol. The number of hydrogen-bond donors (Lipinski definition) is 3. The summed E-state index contributed by atoms with van der Waals surface area (Å²) in [6.07, 6.45) is 15.9. The maximum Gasteiger partial charge on any atom is 0.292 e.